The zero-order chi connectivity index (χ0) is 14.8. The van der Waals surface area contributed by atoms with Crippen LogP contribution in [0.2, 0.25) is 0 Å². The molecule has 1 aliphatic rings. The van der Waals surface area contributed by atoms with Crippen molar-refractivity contribution in [1.82, 2.24) is 14.7 Å². The van der Waals surface area contributed by atoms with Crippen molar-refractivity contribution in [2.75, 3.05) is 13.6 Å². The van der Waals surface area contributed by atoms with Crippen molar-refractivity contribution in [2.24, 2.45) is 0 Å². The summed E-state index contributed by atoms with van der Waals surface area (Å²) < 4.78 is 6.92. The first-order chi connectivity index (χ1) is 10.1. The highest BCUT2D eigenvalue weighted by Crippen LogP contribution is 2.13. The van der Waals surface area contributed by atoms with Crippen LogP contribution < -0.4 is 5.46 Å². The average molecular weight is 285 g/mol. The summed E-state index contributed by atoms with van der Waals surface area (Å²) in [5.41, 5.74) is 2.22. The molecule has 1 aromatic carbocycles. The smallest absolute Gasteiger partial charge is 0.423 e. The van der Waals surface area contributed by atoms with Gasteiger partial charge in [0.1, 0.15) is 0 Å². The van der Waals surface area contributed by atoms with Gasteiger partial charge in [-0.2, -0.15) is 5.10 Å². The molecule has 1 aromatic heterocycles. The molecule has 2 heterocycles. The molecule has 0 saturated heterocycles. The number of aromatic nitrogens is 2. The van der Waals surface area contributed by atoms with Crippen LogP contribution in [0.3, 0.4) is 0 Å². The van der Waals surface area contributed by atoms with Gasteiger partial charge in [-0.25, -0.2) is 0 Å². The van der Waals surface area contributed by atoms with E-state index in [9.17, 15) is 9.82 Å². The predicted octanol–water partition coefficient (Wildman–Crippen LogP) is -0.127. The van der Waals surface area contributed by atoms with Gasteiger partial charge in [0.05, 0.1) is 13.2 Å². The molecular weight excluding hydrogens is 269 g/mol. The topological polar surface area (TPSA) is 67.6 Å². The first kappa shape index (κ1) is 13.8. The molecule has 3 rings (SSSR count). The molecule has 0 aliphatic carbocycles. The van der Waals surface area contributed by atoms with Gasteiger partial charge in [0, 0.05) is 31.5 Å². The van der Waals surface area contributed by atoms with Gasteiger partial charge in [-0.3, -0.25) is 9.48 Å². The summed E-state index contributed by atoms with van der Waals surface area (Å²) in [7, 11) is 0.895. The fourth-order valence-electron chi connectivity index (χ4n) is 2.37. The molecule has 0 fully saturated rings. The first-order valence-electron chi connectivity index (χ1n) is 6.80. The molecule has 0 spiro atoms. The molecule has 0 saturated carbocycles. The molecule has 7 heteroatoms. The van der Waals surface area contributed by atoms with Crippen molar-refractivity contribution < 1.29 is 14.5 Å². The Kier molecular flexibility index (Phi) is 3.77. The minimum atomic E-state index is -0.873. The molecule has 6 nitrogen and oxygen atoms in total. The fourth-order valence-corrected chi connectivity index (χ4v) is 2.37. The summed E-state index contributed by atoms with van der Waals surface area (Å²) in [4.78, 5) is 14.0. The Balaban J connectivity index is 1.67. The molecule has 108 valence electrons. The van der Waals surface area contributed by atoms with Crippen LogP contribution in [0.4, 0.5) is 0 Å². The van der Waals surface area contributed by atoms with Crippen molar-refractivity contribution in [3.8, 4) is 0 Å². The standard InChI is InChI=1S/C14H16BN3O3/c1-17(7-8-18-6-2-5-16-18)14(19)11-3-4-13-12(9-11)10-21-15(13)20/h2-6,9,20H,7-8,10H2,1H3. The SMILES string of the molecule is CN(CCn1cccn1)C(=O)c1ccc2c(c1)COB2O. The minimum Gasteiger partial charge on any atom is -0.423 e. The number of benzene rings is 1. The molecule has 0 radical (unpaired) electrons. The number of nitrogens with zero attached hydrogens (tertiary/aromatic N) is 3. The Labute approximate surface area is 123 Å². The Hall–Kier alpha value is -2.12. The minimum absolute atomic E-state index is 0.0497. The quantitative estimate of drug-likeness (QED) is 0.795. The number of rotatable bonds is 4. The van der Waals surface area contributed by atoms with Crippen molar-refractivity contribution in [2.45, 2.75) is 13.2 Å². The Morgan fingerprint density at radius 3 is 3.19 bits per heavy atom. The molecule has 1 aliphatic heterocycles. The summed E-state index contributed by atoms with van der Waals surface area (Å²) >= 11 is 0. The van der Waals surface area contributed by atoms with E-state index in [1.807, 2.05) is 12.3 Å². The second-order valence-corrected chi connectivity index (χ2v) is 5.07. The molecule has 0 bridgehead atoms. The lowest BCUT2D eigenvalue weighted by molar-refractivity contribution is 0.0789. The molecule has 21 heavy (non-hydrogen) atoms. The molecule has 0 unspecified atom stereocenters. The van der Waals surface area contributed by atoms with Crippen LogP contribution in [0.5, 0.6) is 0 Å². The highest BCUT2D eigenvalue weighted by Gasteiger charge is 2.28. The molecule has 0 atom stereocenters. The maximum atomic E-state index is 12.4. The number of amides is 1. The Bertz CT molecular complexity index is 645. The van der Waals surface area contributed by atoms with Gasteiger partial charge in [0.15, 0.2) is 0 Å². The van der Waals surface area contributed by atoms with Gasteiger partial charge in [-0.05, 0) is 29.2 Å². The van der Waals surface area contributed by atoms with E-state index in [2.05, 4.69) is 5.10 Å². The van der Waals surface area contributed by atoms with Gasteiger partial charge in [-0.1, -0.05) is 6.07 Å². The fraction of sp³-hybridized carbons (Fsp3) is 0.286. The van der Waals surface area contributed by atoms with Gasteiger partial charge in [0.2, 0.25) is 0 Å². The van der Waals surface area contributed by atoms with Crippen molar-refractivity contribution in [3.05, 3.63) is 47.8 Å². The van der Waals surface area contributed by atoms with E-state index in [1.165, 1.54) is 0 Å². The summed E-state index contributed by atoms with van der Waals surface area (Å²) in [6.45, 7) is 1.58. The van der Waals surface area contributed by atoms with Crippen LogP contribution in [0, 0.1) is 0 Å². The molecule has 1 N–H and O–H groups in total. The highest BCUT2D eigenvalue weighted by molar-refractivity contribution is 6.61. The van der Waals surface area contributed by atoms with Crippen LogP contribution in [-0.2, 0) is 17.8 Å². The van der Waals surface area contributed by atoms with Gasteiger partial charge in [-0.15, -0.1) is 0 Å². The predicted molar refractivity (Wildman–Crippen MR) is 78.0 cm³/mol. The molecule has 2 aromatic rings. The van der Waals surface area contributed by atoms with E-state index >= 15 is 0 Å². The van der Waals surface area contributed by atoms with Gasteiger partial charge >= 0.3 is 7.12 Å². The monoisotopic (exact) mass is 285 g/mol. The lowest BCUT2D eigenvalue weighted by atomic mass is 9.79. The Morgan fingerprint density at radius 2 is 2.43 bits per heavy atom. The van der Waals surface area contributed by atoms with E-state index in [0.29, 0.717) is 25.3 Å². The lowest BCUT2D eigenvalue weighted by Gasteiger charge is -2.17. The van der Waals surface area contributed by atoms with E-state index in [0.717, 1.165) is 11.0 Å². The highest BCUT2D eigenvalue weighted by atomic mass is 16.5. The third kappa shape index (κ3) is 2.84. The van der Waals surface area contributed by atoms with Crippen molar-refractivity contribution in [1.29, 1.82) is 0 Å². The largest absolute Gasteiger partial charge is 0.491 e. The number of carbonyl (C=O) groups is 1. The van der Waals surface area contributed by atoms with Crippen LogP contribution in [-0.4, -0.2) is 46.3 Å². The van der Waals surface area contributed by atoms with E-state index in [4.69, 9.17) is 4.65 Å². The number of likely N-dealkylation sites (N-methyl/N-ethyl adjacent to an activating group) is 1. The van der Waals surface area contributed by atoms with Crippen LogP contribution >= 0.6 is 0 Å². The molecular formula is C14H16BN3O3. The normalized spacial score (nSPS) is 13.3. The number of hydrogen-bond donors (Lipinski definition) is 1. The summed E-state index contributed by atoms with van der Waals surface area (Å²) in [6, 6.07) is 7.12. The van der Waals surface area contributed by atoms with Crippen molar-refractivity contribution in [3.63, 3.8) is 0 Å². The third-order valence-corrected chi connectivity index (χ3v) is 3.62. The van der Waals surface area contributed by atoms with Crippen molar-refractivity contribution >= 4 is 18.5 Å². The zero-order valence-corrected chi connectivity index (χ0v) is 11.8. The summed E-state index contributed by atoms with van der Waals surface area (Å²) in [5, 5.41) is 13.7. The van der Waals surface area contributed by atoms with E-state index in [-0.39, 0.29) is 5.91 Å². The number of fused-ring (bicyclic) bond motifs is 1. The third-order valence-electron chi connectivity index (χ3n) is 3.62. The maximum absolute atomic E-state index is 12.4. The summed E-state index contributed by atoms with van der Waals surface area (Å²) in [5.74, 6) is -0.0497. The average Bonchev–Trinajstić information content (AvgIpc) is 3.14. The second kappa shape index (κ2) is 5.71. The lowest BCUT2D eigenvalue weighted by Crippen LogP contribution is -2.31. The first-order valence-corrected chi connectivity index (χ1v) is 6.80. The zero-order valence-electron chi connectivity index (χ0n) is 11.8. The number of carbonyl (C=O) groups excluding carboxylic acids is 1. The van der Waals surface area contributed by atoms with E-state index < -0.39 is 7.12 Å². The molecule has 1 amide bonds. The van der Waals surface area contributed by atoms with E-state index in [1.54, 1.807) is 41.0 Å². The second-order valence-electron chi connectivity index (χ2n) is 5.07. The van der Waals surface area contributed by atoms with Crippen LogP contribution in [0.15, 0.2) is 36.7 Å². The Morgan fingerprint density at radius 1 is 1.57 bits per heavy atom. The van der Waals surface area contributed by atoms with Gasteiger partial charge in [0.25, 0.3) is 5.91 Å². The maximum Gasteiger partial charge on any atom is 0.491 e. The van der Waals surface area contributed by atoms with Crippen LogP contribution in [0.1, 0.15) is 15.9 Å². The van der Waals surface area contributed by atoms with Gasteiger partial charge < -0.3 is 14.6 Å². The number of hydrogen-bond acceptors (Lipinski definition) is 4. The van der Waals surface area contributed by atoms with Crippen LogP contribution in [0.25, 0.3) is 0 Å². The summed E-state index contributed by atoms with van der Waals surface area (Å²) in [6.07, 6.45) is 3.58.